The van der Waals surface area contributed by atoms with Crippen LogP contribution in [0.3, 0.4) is 0 Å². The Morgan fingerprint density at radius 2 is 1.92 bits per heavy atom. The molecule has 0 aliphatic carbocycles. The predicted molar refractivity (Wildman–Crippen MR) is 87.1 cm³/mol. The summed E-state index contributed by atoms with van der Waals surface area (Å²) in [5.41, 5.74) is 1.26. The van der Waals surface area contributed by atoms with Gasteiger partial charge in [-0.25, -0.2) is 9.48 Å². The first-order valence-electron chi connectivity index (χ1n) is 7.95. The molecule has 0 radical (unpaired) electrons. The van der Waals surface area contributed by atoms with Crippen LogP contribution in [0.1, 0.15) is 35.8 Å². The zero-order valence-corrected chi connectivity index (χ0v) is 14.0. The number of nitrogens with one attached hydrogen (secondary N) is 1. The van der Waals surface area contributed by atoms with Gasteiger partial charge in [0.15, 0.2) is 0 Å². The van der Waals surface area contributed by atoms with Gasteiger partial charge in [0.25, 0.3) is 5.91 Å². The summed E-state index contributed by atoms with van der Waals surface area (Å²) in [6.45, 7) is 1.88. The van der Waals surface area contributed by atoms with E-state index in [9.17, 15) is 22.8 Å². The van der Waals surface area contributed by atoms with Crippen molar-refractivity contribution in [2.45, 2.75) is 38.4 Å². The van der Waals surface area contributed by atoms with Crippen LogP contribution in [-0.4, -0.2) is 39.0 Å². The number of aromatic nitrogens is 2. The molecule has 2 aromatic rings. The lowest BCUT2D eigenvalue weighted by Crippen LogP contribution is -2.43. The van der Waals surface area contributed by atoms with E-state index in [1.165, 1.54) is 10.9 Å². The number of carbonyl (C=O) groups is 2. The quantitative estimate of drug-likeness (QED) is 0.786. The number of carbonyl (C=O) groups excluding carboxylic acids is 1. The van der Waals surface area contributed by atoms with Crippen molar-refractivity contribution in [2.24, 2.45) is 0 Å². The summed E-state index contributed by atoms with van der Waals surface area (Å²) in [5.74, 6) is -2.64. The Morgan fingerprint density at radius 3 is 2.46 bits per heavy atom. The van der Waals surface area contributed by atoms with Crippen LogP contribution in [-0.2, 0) is 11.2 Å². The molecule has 0 aliphatic heterocycles. The molecule has 0 spiro atoms. The van der Waals surface area contributed by atoms with Gasteiger partial charge in [0.2, 0.25) is 0 Å². The molecule has 2 rings (SSSR count). The van der Waals surface area contributed by atoms with Crippen molar-refractivity contribution in [3.63, 3.8) is 0 Å². The molecule has 0 saturated heterocycles. The molecule has 0 bridgehead atoms. The maximum absolute atomic E-state index is 12.5. The predicted octanol–water partition coefficient (Wildman–Crippen LogP) is 2.96. The van der Waals surface area contributed by atoms with Crippen molar-refractivity contribution in [2.75, 3.05) is 0 Å². The highest BCUT2D eigenvalue weighted by Gasteiger charge is 2.36. The second-order valence-corrected chi connectivity index (χ2v) is 5.69. The number of rotatable bonds is 7. The van der Waals surface area contributed by atoms with Crippen LogP contribution in [0.15, 0.2) is 36.5 Å². The van der Waals surface area contributed by atoms with E-state index in [1.807, 2.05) is 18.3 Å². The van der Waals surface area contributed by atoms with Gasteiger partial charge in [-0.05, 0) is 18.6 Å². The van der Waals surface area contributed by atoms with Crippen molar-refractivity contribution < 1.29 is 27.9 Å². The molecule has 1 unspecified atom stereocenters. The number of halogens is 3. The lowest BCUT2D eigenvalue weighted by atomic mass is 10.1. The highest BCUT2D eigenvalue weighted by atomic mass is 19.4. The van der Waals surface area contributed by atoms with Gasteiger partial charge in [0.1, 0.15) is 6.04 Å². The third kappa shape index (κ3) is 4.84. The number of amides is 1. The monoisotopic (exact) mass is 369 g/mol. The van der Waals surface area contributed by atoms with Crippen LogP contribution >= 0.6 is 0 Å². The normalized spacial score (nSPS) is 12.6. The Balaban J connectivity index is 2.31. The number of benzene rings is 1. The van der Waals surface area contributed by atoms with Crippen molar-refractivity contribution in [3.8, 4) is 5.69 Å². The van der Waals surface area contributed by atoms with Crippen molar-refractivity contribution in [1.82, 2.24) is 15.1 Å². The fourth-order valence-electron chi connectivity index (χ4n) is 2.50. The molecule has 1 aromatic heterocycles. The largest absolute Gasteiger partial charge is 0.480 e. The zero-order valence-electron chi connectivity index (χ0n) is 14.0. The van der Waals surface area contributed by atoms with Gasteiger partial charge in [-0.3, -0.25) is 4.79 Å². The summed E-state index contributed by atoms with van der Waals surface area (Å²) in [7, 11) is 0. The summed E-state index contributed by atoms with van der Waals surface area (Å²) in [4.78, 5) is 23.4. The highest BCUT2D eigenvalue weighted by Crippen LogP contribution is 2.22. The number of carboxylic acid groups (broad SMARTS) is 1. The minimum atomic E-state index is -4.71. The van der Waals surface area contributed by atoms with Crippen molar-refractivity contribution in [1.29, 1.82) is 0 Å². The number of hydrogen-bond acceptors (Lipinski definition) is 3. The Kier molecular flexibility index (Phi) is 6.01. The van der Waals surface area contributed by atoms with Gasteiger partial charge >= 0.3 is 12.1 Å². The topological polar surface area (TPSA) is 84.2 Å². The number of hydrogen-bond donors (Lipinski definition) is 2. The lowest BCUT2D eigenvalue weighted by Gasteiger charge is -2.16. The number of carboxylic acids is 1. The molecule has 0 aliphatic rings. The molecular weight excluding hydrogens is 351 g/mol. The van der Waals surface area contributed by atoms with Crippen molar-refractivity contribution >= 4 is 11.9 Å². The second kappa shape index (κ2) is 8.03. The molecule has 0 saturated carbocycles. The first-order chi connectivity index (χ1) is 12.2. The second-order valence-electron chi connectivity index (χ2n) is 5.69. The van der Waals surface area contributed by atoms with Crippen LogP contribution in [0.4, 0.5) is 13.2 Å². The first-order valence-corrected chi connectivity index (χ1v) is 7.95. The minimum Gasteiger partial charge on any atom is -0.480 e. The van der Waals surface area contributed by atoms with Gasteiger partial charge in [0, 0.05) is 0 Å². The van der Waals surface area contributed by atoms with Gasteiger partial charge < -0.3 is 10.4 Å². The van der Waals surface area contributed by atoms with Crippen molar-refractivity contribution in [3.05, 3.63) is 47.8 Å². The summed E-state index contributed by atoms with van der Waals surface area (Å²) in [6.07, 6.45) is -4.00. The first kappa shape index (κ1) is 19.5. The average molecular weight is 369 g/mol. The van der Waals surface area contributed by atoms with Gasteiger partial charge in [0.05, 0.1) is 29.6 Å². The molecular formula is C17H18F3N3O3. The lowest BCUT2D eigenvalue weighted by molar-refractivity contribution is -0.157. The Labute approximate surface area is 147 Å². The summed E-state index contributed by atoms with van der Waals surface area (Å²) in [6, 6.07) is 6.88. The number of aliphatic carboxylic acids is 1. The van der Waals surface area contributed by atoms with E-state index in [-0.39, 0.29) is 5.56 Å². The maximum Gasteiger partial charge on any atom is 0.391 e. The number of alkyl halides is 3. The summed E-state index contributed by atoms with van der Waals surface area (Å²) >= 11 is 0. The third-order valence-electron chi connectivity index (χ3n) is 3.64. The van der Waals surface area contributed by atoms with E-state index in [2.05, 4.69) is 5.10 Å². The SMILES string of the molecule is CCCc1c(C(=O)NC(CC(F)(F)F)C(=O)O)cnn1-c1ccccc1. The molecule has 9 heteroatoms. The van der Waals surface area contributed by atoms with Gasteiger partial charge in [-0.1, -0.05) is 31.5 Å². The van der Waals surface area contributed by atoms with Crippen LogP contribution in [0, 0.1) is 0 Å². The molecule has 26 heavy (non-hydrogen) atoms. The Morgan fingerprint density at radius 1 is 1.27 bits per heavy atom. The van der Waals surface area contributed by atoms with E-state index in [0.717, 1.165) is 0 Å². The van der Waals surface area contributed by atoms with Crippen LogP contribution < -0.4 is 5.32 Å². The molecule has 1 aromatic carbocycles. The summed E-state index contributed by atoms with van der Waals surface area (Å²) < 4.78 is 39.1. The van der Waals surface area contributed by atoms with Crippen LogP contribution in [0.25, 0.3) is 5.69 Å². The Hall–Kier alpha value is -2.84. The van der Waals surface area contributed by atoms with E-state index < -0.39 is 30.5 Å². The van der Waals surface area contributed by atoms with E-state index >= 15 is 0 Å². The maximum atomic E-state index is 12.5. The van der Waals surface area contributed by atoms with Gasteiger partial charge in [-0.15, -0.1) is 0 Å². The standard InChI is InChI=1S/C17H18F3N3O3/c1-2-6-14-12(10-21-23(14)11-7-4-3-5-8-11)15(24)22-13(16(25)26)9-17(18,19)20/h3-5,7-8,10,13H,2,6,9H2,1H3,(H,22,24)(H,25,26). The number of para-hydroxylation sites is 1. The molecule has 140 valence electrons. The summed E-state index contributed by atoms with van der Waals surface area (Å²) in [5, 5.41) is 15.0. The Bertz CT molecular complexity index is 773. The molecule has 6 nitrogen and oxygen atoms in total. The molecule has 1 heterocycles. The smallest absolute Gasteiger partial charge is 0.391 e. The van der Waals surface area contributed by atoms with Crippen LogP contribution in [0.5, 0.6) is 0 Å². The van der Waals surface area contributed by atoms with Gasteiger partial charge in [-0.2, -0.15) is 18.3 Å². The number of nitrogens with zero attached hydrogens (tertiary/aromatic N) is 2. The zero-order chi connectivity index (χ0) is 19.3. The molecule has 2 N–H and O–H groups in total. The molecule has 1 atom stereocenters. The van der Waals surface area contributed by atoms with E-state index in [4.69, 9.17) is 5.11 Å². The third-order valence-corrected chi connectivity index (χ3v) is 3.64. The highest BCUT2D eigenvalue weighted by molar-refractivity contribution is 5.97. The fourth-order valence-corrected chi connectivity index (χ4v) is 2.50. The molecule has 0 fully saturated rings. The minimum absolute atomic E-state index is 0.0594. The van der Waals surface area contributed by atoms with E-state index in [0.29, 0.717) is 24.2 Å². The fraction of sp³-hybridized carbons (Fsp3) is 0.353. The molecule has 1 amide bonds. The van der Waals surface area contributed by atoms with Crippen LogP contribution in [0.2, 0.25) is 0 Å². The average Bonchev–Trinajstić information content (AvgIpc) is 2.98. The van der Waals surface area contributed by atoms with E-state index in [1.54, 1.807) is 24.3 Å².